The first-order valence-electron chi connectivity index (χ1n) is 5.08. The van der Waals surface area contributed by atoms with E-state index in [1.807, 2.05) is 32.0 Å². The van der Waals surface area contributed by atoms with Gasteiger partial charge in [0.15, 0.2) is 0 Å². The van der Waals surface area contributed by atoms with E-state index in [0.717, 1.165) is 16.9 Å². The average Bonchev–Trinajstić information content (AvgIpc) is 2.15. The zero-order valence-corrected chi connectivity index (χ0v) is 9.25. The highest BCUT2D eigenvalue weighted by atomic mass is 16.5. The number of amides is 1. The van der Waals surface area contributed by atoms with Crippen LogP contribution in [0, 0.1) is 13.8 Å². The highest BCUT2D eigenvalue weighted by Gasteiger charge is 2.02. The molecule has 0 unspecified atom stereocenters. The number of ether oxygens (including phenoxy) is 1. The average molecular weight is 207 g/mol. The molecule has 0 aliphatic heterocycles. The molecule has 0 atom stereocenters. The number of carbonyl (C=O) groups excluding carboxylic acids is 1. The van der Waals surface area contributed by atoms with Gasteiger partial charge in [0.1, 0.15) is 5.75 Å². The highest BCUT2D eigenvalue weighted by Crippen LogP contribution is 2.22. The molecule has 1 aromatic rings. The summed E-state index contributed by atoms with van der Waals surface area (Å²) in [6, 6.07) is 6.02. The Balaban J connectivity index is 2.47. The molecule has 0 saturated heterocycles. The van der Waals surface area contributed by atoms with Crippen molar-refractivity contribution in [1.82, 2.24) is 0 Å². The van der Waals surface area contributed by atoms with Crippen LogP contribution in [0.5, 0.6) is 5.75 Å². The molecule has 0 saturated carbocycles. The van der Waals surface area contributed by atoms with E-state index in [1.54, 1.807) is 0 Å². The van der Waals surface area contributed by atoms with Crippen LogP contribution >= 0.6 is 0 Å². The van der Waals surface area contributed by atoms with Gasteiger partial charge in [-0.15, -0.1) is 0 Å². The van der Waals surface area contributed by atoms with Crippen molar-refractivity contribution < 1.29 is 9.53 Å². The number of benzene rings is 1. The molecule has 0 heterocycles. The molecule has 0 bridgehead atoms. The predicted octanol–water partition coefficient (Wildman–Crippen LogP) is 1.95. The first kappa shape index (κ1) is 11.6. The number of hydrogen-bond acceptors (Lipinski definition) is 2. The molecular formula is C12H17NO2. The lowest BCUT2D eigenvalue weighted by Gasteiger charge is -2.11. The number of carbonyl (C=O) groups is 1. The van der Waals surface area contributed by atoms with Crippen molar-refractivity contribution in [3.63, 3.8) is 0 Å². The SMILES string of the molecule is Cc1cccc(C)c1OCCCC(N)=O. The molecule has 2 N–H and O–H groups in total. The van der Waals surface area contributed by atoms with Crippen molar-refractivity contribution in [2.24, 2.45) is 5.73 Å². The topological polar surface area (TPSA) is 52.3 Å². The number of para-hydroxylation sites is 1. The van der Waals surface area contributed by atoms with Crippen molar-refractivity contribution in [3.8, 4) is 5.75 Å². The van der Waals surface area contributed by atoms with Crippen LogP contribution in [0.1, 0.15) is 24.0 Å². The van der Waals surface area contributed by atoms with Crippen LogP contribution < -0.4 is 10.5 Å². The summed E-state index contributed by atoms with van der Waals surface area (Å²) in [6.45, 7) is 4.56. The lowest BCUT2D eigenvalue weighted by Crippen LogP contribution is -2.12. The third-order valence-electron chi connectivity index (χ3n) is 2.22. The van der Waals surface area contributed by atoms with Crippen molar-refractivity contribution in [1.29, 1.82) is 0 Å². The van der Waals surface area contributed by atoms with Gasteiger partial charge in [-0.3, -0.25) is 4.79 Å². The Kier molecular flexibility index (Phi) is 4.16. The van der Waals surface area contributed by atoms with Crippen LogP contribution in [0.2, 0.25) is 0 Å². The maximum Gasteiger partial charge on any atom is 0.217 e. The summed E-state index contributed by atoms with van der Waals surface area (Å²) in [5.41, 5.74) is 7.28. The maximum absolute atomic E-state index is 10.5. The molecule has 82 valence electrons. The summed E-state index contributed by atoms with van der Waals surface area (Å²) >= 11 is 0. The van der Waals surface area contributed by atoms with E-state index in [-0.39, 0.29) is 5.91 Å². The molecular weight excluding hydrogens is 190 g/mol. The maximum atomic E-state index is 10.5. The quantitative estimate of drug-likeness (QED) is 0.750. The number of primary amides is 1. The molecule has 0 spiro atoms. The van der Waals surface area contributed by atoms with Gasteiger partial charge in [-0.1, -0.05) is 18.2 Å². The minimum atomic E-state index is -0.278. The molecule has 15 heavy (non-hydrogen) atoms. The molecule has 1 rings (SSSR count). The standard InChI is InChI=1S/C12H17NO2/c1-9-5-3-6-10(2)12(9)15-8-4-7-11(13)14/h3,5-6H,4,7-8H2,1-2H3,(H2,13,14). The molecule has 0 fully saturated rings. The summed E-state index contributed by atoms with van der Waals surface area (Å²) < 4.78 is 5.61. The van der Waals surface area contributed by atoms with Gasteiger partial charge in [0.25, 0.3) is 0 Å². The summed E-state index contributed by atoms with van der Waals surface area (Å²) in [6.07, 6.45) is 1.05. The van der Waals surface area contributed by atoms with Crippen LogP contribution in [0.4, 0.5) is 0 Å². The Morgan fingerprint density at radius 3 is 2.47 bits per heavy atom. The monoisotopic (exact) mass is 207 g/mol. The minimum absolute atomic E-state index is 0.278. The Hall–Kier alpha value is -1.51. The Morgan fingerprint density at radius 2 is 1.93 bits per heavy atom. The lowest BCUT2D eigenvalue weighted by atomic mass is 10.1. The summed E-state index contributed by atoms with van der Waals surface area (Å²) in [5.74, 6) is 0.641. The van der Waals surface area contributed by atoms with Crippen LogP contribution in [0.3, 0.4) is 0 Å². The van der Waals surface area contributed by atoms with E-state index in [1.165, 1.54) is 0 Å². The third-order valence-corrected chi connectivity index (χ3v) is 2.22. The van der Waals surface area contributed by atoms with Gasteiger partial charge in [-0.25, -0.2) is 0 Å². The van der Waals surface area contributed by atoms with E-state index in [2.05, 4.69) is 0 Å². The van der Waals surface area contributed by atoms with Gasteiger partial charge < -0.3 is 10.5 Å². The van der Waals surface area contributed by atoms with Crippen LogP contribution in [-0.2, 0) is 4.79 Å². The highest BCUT2D eigenvalue weighted by molar-refractivity contribution is 5.73. The van der Waals surface area contributed by atoms with E-state index in [9.17, 15) is 4.79 Å². The number of rotatable bonds is 5. The number of nitrogens with two attached hydrogens (primary N) is 1. The van der Waals surface area contributed by atoms with E-state index >= 15 is 0 Å². The second-order valence-corrected chi connectivity index (χ2v) is 3.64. The Bertz CT molecular complexity index is 327. The van der Waals surface area contributed by atoms with E-state index in [0.29, 0.717) is 19.4 Å². The molecule has 0 radical (unpaired) electrons. The van der Waals surface area contributed by atoms with E-state index in [4.69, 9.17) is 10.5 Å². The molecule has 1 aromatic carbocycles. The van der Waals surface area contributed by atoms with Gasteiger partial charge in [-0.2, -0.15) is 0 Å². The van der Waals surface area contributed by atoms with Gasteiger partial charge >= 0.3 is 0 Å². The molecule has 0 aliphatic rings. The normalized spacial score (nSPS) is 10.0. The van der Waals surface area contributed by atoms with Crippen LogP contribution in [0.15, 0.2) is 18.2 Å². The fourth-order valence-corrected chi connectivity index (χ4v) is 1.45. The molecule has 3 heteroatoms. The van der Waals surface area contributed by atoms with Crippen molar-refractivity contribution in [2.45, 2.75) is 26.7 Å². The van der Waals surface area contributed by atoms with Gasteiger partial charge in [0, 0.05) is 6.42 Å². The Labute approximate surface area is 90.2 Å². The zero-order chi connectivity index (χ0) is 11.3. The first-order valence-corrected chi connectivity index (χ1v) is 5.08. The Morgan fingerprint density at radius 1 is 1.33 bits per heavy atom. The summed E-state index contributed by atoms with van der Waals surface area (Å²) in [5, 5.41) is 0. The largest absolute Gasteiger partial charge is 0.493 e. The lowest BCUT2D eigenvalue weighted by molar-refractivity contribution is -0.118. The van der Waals surface area contributed by atoms with Gasteiger partial charge in [0.05, 0.1) is 6.61 Å². The summed E-state index contributed by atoms with van der Waals surface area (Å²) in [7, 11) is 0. The molecule has 3 nitrogen and oxygen atoms in total. The van der Waals surface area contributed by atoms with Crippen molar-refractivity contribution in [2.75, 3.05) is 6.61 Å². The first-order chi connectivity index (χ1) is 7.11. The molecule has 1 amide bonds. The second-order valence-electron chi connectivity index (χ2n) is 3.64. The minimum Gasteiger partial charge on any atom is -0.493 e. The predicted molar refractivity (Wildman–Crippen MR) is 59.8 cm³/mol. The van der Waals surface area contributed by atoms with Gasteiger partial charge in [0.2, 0.25) is 5.91 Å². The van der Waals surface area contributed by atoms with E-state index < -0.39 is 0 Å². The summed E-state index contributed by atoms with van der Waals surface area (Å²) in [4.78, 5) is 10.5. The zero-order valence-electron chi connectivity index (χ0n) is 9.25. The number of hydrogen-bond donors (Lipinski definition) is 1. The molecule has 0 aromatic heterocycles. The second kappa shape index (κ2) is 5.39. The van der Waals surface area contributed by atoms with Crippen molar-refractivity contribution >= 4 is 5.91 Å². The molecule has 0 aliphatic carbocycles. The van der Waals surface area contributed by atoms with Gasteiger partial charge in [-0.05, 0) is 31.4 Å². The fraction of sp³-hybridized carbons (Fsp3) is 0.417. The van der Waals surface area contributed by atoms with Crippen molar-refractivity contribution in [3.05, 3.63) is 29.3 Å². The number of aryl methyl sites for hydroxylation is 2. The smallest absolute Gasteiger partial charge is 0.217 e. The fourth-order valence-electron chi connectivity index (χ4n) is 1.45. The third kappa shape index (κ3) is 3.62. The van der Waals surface area contributed by atoms with Crippen LogP contribution in [-0.4, -0.2) is 12.5 Å². The van der Waals surface area contributed by atoms with Crippen LogP contribution in [0.25, 0.3) is 0 Å².